The van der Waals surface area contributed by atoms with Crippen molar-refractivity contribution in [1.29, 1.82) is 0 Å². The summed E-state index contributed by atoms with van der Waals surface area (Å²) >= 11 is 0. The van der Waals surface area contributed by atoms with E-state index in [-0.39, 0.29) is 17.5 Å². The van der Waals surface area contributed by atoms with Crippen molar-refractivity contribution in [1.82, 2.24) is 0 Å². The molecule has 0 saturated heterocycles. The van der Waals surface area contributed by atoms with Crippen LogP contribution in [0.3, 0.4) is 0 Å². The monoisotopic (exact) mass is 392 g/mol. The third kappa shape index (κ3) is 3.42. The molecule has 0 unspecified atom stereocenters. The number of benzene rings is 1. The van der Waals surface area contributed by atoms with Gasteiger partial charge in [-0.1, -0.05) is 13.0 Å². The average molecular weight is 393 g/mol. The fraction of sp³-hybridized carbons (Fsp3) is 0.667. The number of hydrogen-bond donors (Lipinski definition) is 0. The van der Waals surface area contributed by atoms with Crippen molar-refractivity contribution in [3.8, 4) is 5.75 Å². The summed E-state index contributed by atoms with van der Waals surface area (Å²) in [6.07, 6.45) is 6.97. The van der Waals surface area contributed by atoms with Gasteiger partial charge in [0.25, 0.3) is 10.1 Å². The van der Waals surface area contributed by atoms with E-state index in [0.717, 1.165) is 44.8 Å². The van der Waals surface area contributed by atoms with Gasteiger partial charge in [-0.2, -0.15) is 8.42 Å². The van der Waals surface area contributed by atoms with Crippen molar-refractivity contribution in [3.05, 3.63) is 29.3 Å². The molecule has 5 atom stereocenters. The van der Waals surface area contributed by atoms with E-state index >= 15 is 0 Å². The van der Waals surface area contributed by atoms with Crippen LogP contribution in [0.2, 0.25) is 0 Å². The normalized spacial score (nSPS) is 35.1. The van der Waals surface area contributed by atoms with Crippen molar-refractivity contribution >= 4 is 16.1 Å². The minimum Gasteiger partial charge on any atom is -0.427 e. The highest BCUT2D eigenvalue weighted by molar-refractivity contribution is 7.86. The lowest BCUT2D eigenvalue weighted by molar-refractivity contribution is -0.131. The summed E-state index contributed by atoms with van der Waals surface area (Å²) in [7, 11) is -3.43. The minimum atomic E-state index is -3.43. The summed E-state index contributed by atoms with van der Waals surface area (Å²) in [4.78, 5) is 11.2. The van der Waals surface area contributed by atoms with Gasteiger partial charge < -0.3 is 4.74 Å². The van der Waals surface area contributed by atoms with Gasteiger partial charge in [0, 0.05) is 6.92 Å². The highest BCUT2D eigenvalue weighted by atomic mass is 32.2. The largest absolute Gasteiger partial charge is 0.427 e. The summed E-state index contributed by atoms with van der Waals surface area (Å²) < 4.78 is 34.1. The van der Waals surface area contributed by atoms with E-state index in [1.165, 1.54) is 18.1 Å². The van der Waals surface area contributed by atoms with Crippen LogP contribution in [0, 0.1) is 17.3 Å². The molecule has 2 fully saturated rings. The molecule has 0 amide bonds. The van der Waals surface area contributed by atoms with Gasteiger partial charge in [0.1, 0.15) is 5.75 Å². The minimum absolute atomic E-state index is 0.0561. The van der Waals surface area contributed by atoms with E-state index in [4.69, 9.17) is 8.92 Å². The Balaban J connectivity index is 1.59. The highest BCUT2D eigenvalue weighted by Gasteiger charge is 2.56. The van der Waals surface area contributed by atoms with Gasteiger partial charge >= 0.3 is 5.97 Å². The Morgan fingerprint density at radius 2 is 1.96 bits per heavy atom. The van der Waals surface area contributed by atoms with Crippen LogP contribution in [-0.4, -0.2) is 26.7 Å². The molecule has 0 aromatic heterocycles. The number of rotatable bonds is 3. The smallest absolute Gasteiger partial charge is 0.308 e. The number of ether oxygens (including phenoxy) is 1. The van der Waals surface area contributed by atoms with Crippen molar-refractivity contribution in [2.45, 2.75) is 64.4 Å². The predicted octanol–water partition coefficient (Wildman–Crippen LogP) is 3.81. The van der Waals surface area contributed by atoms with E-state index in [9.17, 15) is 13.2 Å². The molecule has 148 valence electrons. The molecule has 0 N–H and O–H groups in total. The van der Waals surface area contributed by atoms with Gasteiger partial charge in [-0.25, -0.2) is 0 Å². The second-order valence-electron chi connectivity index (χ2n) is 8.78. The van der Waals surface area contributed by atoms with Gasteiger partial charge in [-0.3, -0.25) is 8.98 Å². The maximum absolute atomic E-state index is 11.7. The topological polar surface area (TPSA) is 69.7 Å². The SMILES string of the molecule is CC(=O)Oc1ccc2c(c1)CC[C@@H]1[C@@H]2CC[C@]2(C)[C@@H](OS(C)(=O)=O)CC[C@@H]12. The summed E-state index contributed by atoms with van der Waals surface area (Å²) in [5, 5.41) is 0. The quantitative estimate of drug-likeness (QED) is 0.444. The second kappa shape index (κ2) is 6.59. The first-order valence-corrected chi connectivity index (χ1v) is 11.7. The lowest BCUT2D eigenvalue weighted by atomic mass is 9.55. The predicted molar refractivity (Wildman–Crippen MR) is 102 cm³/mol. The fourth-order valence-electron chi connectivity index (χ4n) is 6.11. The maximum atomic E-state index is 11.7. The Morgan fingerprint density at radius 3 is 2.67 bits per heavy atom. The van der Waals surface area contributed by atoms with Crippen LogP contribution in [0.4, 0.5) is 0 Å². The zero-order chi connectivity index (χ0) is 19.4. The molecular weight excluding hydrogens is 364 g/mol. The molecule has 3 aliphatic rings. The Labute approximate surface area is 161 Å². The fourth-order valence-corrected chi connectivity index (χ4v) is 6.85. The molecule has 27 heavy (non-hydrogen) atoms. The molecule has 0 radical (unpaired) electrons. The Hall–Kier alpha value is -1.40. The molecule has 0 spiro atoms. The first-order valence-electron chi connectivity index (χ1n) is 9.87. The van der Waals surface area contributed by atoms with Crippen LogP contribution in [0.15, 0.2) is 18.2 Å². The third-order valence-electron chi connectivity index (χ3n) is 7.16. The van der Waals surface area contributed by atoms with Crippen LogP contribution >= 0.6 is 0 Å². The molecule has 0 bridgehead atoms. The summed E-state index contributed by atoms with van der Waals surface area (Å²) in [5.74, 6) is 1.92. The molecule has 4 rings (SSSR count). The standard InChI is InChI=1S/C21H28O5S/c1-13(22)25-15-5-7-16-14(12-15)4-6-18-17(16)10-11-21(2)19(18)8-9-20(21)26-27(3,23)24/h5,7,12,17-20H,4,6,8-11H2,1-3H3/t17-,18-,19+,20+,21+/m1/s1. The lowest BCUT2D eigenvalue weighted by Crippen LogP contribution is -2.45. The molecule has 1 aromatic carbocycles. The average Bonchev–Trinajstić information content (AvgIpc) is 2.89. The molecule has 5 nitrogen and oxygen atoms in total. The van der Waals surface area contributed by atoms with Crippen LogP contribution in [-0.2, 0) is 25.5 Å². The van der Waals surface area contributed by atoms with Crippen molar-refractivity contribution in [2.24, 2.45) is 17.3 Å². The molecule has 2 saturated carbocycles. The first kappa shape index (κ1) is 18.9. The van der Waals surface area contributed by atoms with E-state index in [1.54, 1.807) is 0 Å². The van der Waals surface area contributed by atoms with Gasteiger partial charge in [0.2, 0.25) is 0 Å². The van der Waals surface area contributed by atoms with Crippen molar-refractivity contribution < 1.29 is 22.1 Å². The van der Waals surface area contributed by atoms with E-state index < -0.39 is 10.1 Å². The Bertz CT molecular complexity index is 861. The summed E-state index contributed by atoms with van der Waals surface area (Å²) in [6.45, 7) is 3.66. The molecule has 1 aromatic rings. The van der Waals surface area contributed by atoms with Crippen LogP contribution in [0.1, 0.15) is 63.0 Å². The van der Waals surface area contributed by atoms with Gasteiger partial charge in [-0.05, 0) is 85.0 Å². The third-order valence-corrected chi connectivity index (χ3v) is 7.75. The van der Waals surface area contributed by atoms with E-state index in [0.29, 0.717) is 23.5 Å². The molecule has 0 heterocycles. The lowest BCUT2D eigenvalue weighted by Gasteiger charge is -2.50. The van der Waals surface area contributed by atoms with Gasteiger partial charge in [0.15, 0.2) is 0 Å². The number of esters is 1. The summed E-state index contributed by atoms with van der Waals surface area (Å²) in [5.41, 5.74) is 2.62. The van der Waals surface area contributed by atoms with Crippen molar-refractivity contribution in [3.63, 3.8) is 0 Å². The number of hydrogen-bond acceptors (Lipinski definition) is 5. The Kier molecular flexibility index (Phi) is 4.62. The summed E-state index contributed by atoms with van der Waals surface area (Å²) in [6, 6.07) is 6.05. The zero-order valence-electron chi connectivity index (χ0n) is 16.2. The zero-order valence-corrected chi connectivity index (χ0v) is 17.1. The number of carbonyl (C=O) groups excluding carboxylic acids is 1. The van der Waals surface area contributed by atoms with E-state index in [1.807, 2.05) is 12.1 Å². The van der Waals surface area contributed by atoms with Crippen LogP contribution in [0.5, 0.6) is 5.75 Å². The molecular formula is C21H28O5S. The molecule has 6 heteroatoms. The van der Waals surface area contributed by atoms with Crippen LogP contribution in [0.25, 0.3) is 0 Å². The number of fused-ring (bicyclic) bond motifs is 5. The molecule has 3 aliphatic carbocycles. The number of carbonyl (C=O) groups is 1. The highest BCUT2D eigenvalue weighted by Crippen LogP contribution is 2.61. The maximum Gasteiger partial charge on any atom is 0.308 e. The first-order chi connectivity index (χ1) is 12.7. The second-order valence-corrected chi connectivity index (χ2v) is 10.4. The van der Waals surface area contributed by atoms with E-state index in [2.05, 4.69) is 13.0 Å². The van der Waals surface area contributed by atoms with Gasteiger partial charge in [0.05, 0.1) is 12.4 Å². The number of aryl methyl sites for hydroxylation is 1. The van der Waals surface area contributed by atoms with Gasteiger partial charge in [-0.15, -0.1) is 0 Å². The van der Waals surface area contributed by atoms with Crippen LogP contribution < -0.4 is 4.74 Å². The Morgan fingerprint density at radius 1 is 1.19 bits per heavy atom. The molecule has 0 aliphatic heterocycles. The van der Waals surface area contributed by atoms with Crippen molar-refractivity contribution in [2.75, 3.05) is 6.26 Å².